The van der Waals surface area contributed by atoms with Gasteiger partial charge in [-0.15, -0.1) is 0 Å². The molecule has 0 radical (unpaired) electrons. The first-order valence-corrected chi connectivity index (χ1v) is 11.5. The fraction of sp³-hybridized carbons (Fsp3) is 0. The number of pyridine rings is 1. The molecule has 0 spiro atoms. The molecule has 0 bridgehead atoms. The highest BCUT2D eigenvalue weighted by atomic mass is 19.1. The number of halogens is 2. The van der Waals surface area contributed by atoms with E-state index in [0.717, 1.165) is 44.8 Å². The maximum absolute atomic E-state index is 13.3. The zero-order valence-electron chi connectivity index (χ0n) is 19.1. The molecular formula is C31H19F2N3. The normalized spacial score (nSPS) is 11.1. The van der Waals surface area contributed by atoms with E-state index in [0.29, 0.717) is 11.2 Å². The summed E-state index contributed by atoms with van der Waals surface area (Å²) in [6, 6.07) is 32.6. The van der Waals surface area contributed by atoms with E-state index in [-0.39, 0.29) is 11.6 Å². The number of nitrogens with zero attached hydrogens (tertiary/aromatic N) is 3. The van der Waals surface area contributed by atoms with Crippen LogP contribution in [0.15, 0.2) is 115 Å². The number of aromatic nitrogens is 3. The summed E-state index contributed by atoms with van der Waals surface area (Å²) in [5, 5.41) is 0. The Bertz CT molecular complexity index is 1530. The van der Waals surface area contributed by atoms with Crippen LogP contribution < -0.4 is 0 Å². The van der Waals surface area contributed by atoms with Gasteiger partial charge >= 0.3 is 0 Å². The molecule has 0 aliphatic rings. The van der Waals surface area contributed by atoms with Crippen molar-refractivity contribution >= 4 is 11.2 Å². The van der Waals surface area contributed by atoms with Gasteiger partial charge < -0.3 is 0 Å². The Morgan fingerprint density at radius 3 is 1.28 bits per heavy atom. The number of hydrogen-bond acceptors (Lipinski definition) is 3. The van der Waals surface area contributed by atoms with Crippen molar-refractivity contribution in [3.05, 3.63) is 127 Å². The number of fused-ring (bicyclic) bond motifs is 1. The maximum Gasteiger partial charge on any atom is 0.178 e. The van der Waals surface area contributed by atoms with Crippen LogP contribution in [0.3, 0.4) is 0 Å². The fourth-order valence-electron chi connectivity index (χ4n) is 4.22. The van der Waals surface area contributed by atoms with Crippen molar-refractivity contribution in [2.45, 2.75) is 0 Å². The molecule has 0 aliphatic carbocycles. The second-order valence-electron chi connectivity index (χ2n) is 8.44. The summed E-state index contributed by atoms with van der Waals surface area (Å²) >= 11 is 0. The van der Waals surface area contributed by atoms with Crippen LogP contribution >= 0.6 is 0 Å². The van der Waals surface area contributed by atoms with Gasteiger partial charge in [-0.2, -0.15) is 0 Å². The SMILES string of the molecule is Fc1ccc(-c2ccc(-c3nc4cccnc4nc3-c3ccc(-c4ccc(F)cc4)cc3)cc2)cc1. The Labute approximate surface area is 206 Å². The van der Waals surface area contributed by atoms with Gasteiger partial charge in [-0.1, -0.05) is 72.8 Å². The number of rotatable bonds is 4. The standard InChI is InChI=1S/C31H19F2N3/c32-26-15-11-22(12-16-26)20-3-7-24(8-4-20)29-30(36-31-28(35-29)2-1-19-34-31)25-9-5-21(6-10-25)23-13-17-27(33)18-14-23/h1-19H. The van der Waals surface area contributed by atoms with E-state index in [1.165, 1.54) is 24.3 Å². The van der Waals surface area contributed by atoms with Gasteiger partial charge in [-0.05, 0) is 58.7 Å². The van der Waals surface area contributed by atoms with Gasteiger partial charge in [0.1, 0.15) is 17.2 Å². The van der Waals surface area contributed by atoms with Gasteiger partial charge in [0.25, 0.3) is 0 Å². The van der Waals surface area contributed by atoms with Gasteiger partial charge in [-0.25, -0.2) is 23.7 Å². The molecule has 5 heteroatoms. The molecule has 0 fully saturated rings. The molecule has 0 amide bonds. The van der Waals surface area contributed by atoms with Crippen molar-refractivity contribution in [3.8, 4) is 44.8 Å². The molecule has 0 saturated heterocycles. The van der Waals surface area contributed by atoms with Crippen LogP contribution in [0, 0.1) is 11.6 Å². The first-order chi connectivity index (χ1) is 17.6. The van der Waals surface area contributed by atoms with E-state index in [1.54, 1.807) is 30.5 Å². The van der Waals surface area contributed by atoms with Crippen molar-refractivity contribution < 1.29 is 8.78 Å². The second kappa shape index (κ2) is 9.12. The largest absolute Gasteiger partial charge is 0.242 e. The highest BCUT2D eigenvalue weighted by molar-refractivity contribution is 5.85. The molecule has 0 atom stereocenters. The van der Waals surface area contributed by atoms with Crippen LogP contribution in [-0.2, 0) is 0 Å². The molecule has 0 N–H and O–H groups in total. The summed E-state index contributed by atoms with van der Waals surface area (Å²) in [4.78, 5) is 14.2. The number of benzene rings is 4. The lowest BCUT2D eigenvalue weighted by Crippen LogP contribution is -1.97. The van der Waals surface area contributed by atoms with Crippen molar-refractivity contribution in [2.75, 3.05) is 0 Å². The Morgan fingerprint density at radius 1 is 0.417 bits per heavy atom. The van der Waals surface area contributed by atoms with E-state index < -0.39 is 0 Å². The number of hydrogen-bond donors (Lipinski definition) is 0. The van der Waals surface area contributed by atoms with Crippen molar-refractivity contribution in [3.63, 3.8) is 0 Å². The molecule has 36 heavy (non-hydrogen) atoms. The molecule has 172 valence electrons. The van der Waals surface area contributed by atoms with Crippen LogP contribution in [-0.4, -0.2) is 15.0 Å². The van der Waals surface area contributed by atoms with Gasteiger partial charge in [0.2, 0.25) is 0 Å². The predicted molar refractivity (Wildman–Crippen MR) is 139 cm³/mol. The van der Waals surface area contributed by atoms with E-state index >= 15 is 0 Å². The van der Waals surface area contributed by atoms with Crippen LogP contribution in [0.2, 0.25) is 0 Å². The molecular weight excluding hydrogens is 452 g/mol. The first kappa shape index (κ1) is 21.7. The maximum atomic E-state index is 13.3. The van der Waals surface area contributed by atoms with E-state index in [4.69, 9.17) is 9.97 Å². The zero-order valence-corrected chi connectivity index (χ0v) is 19.1. The summed E-state index contributed by atoms with van der Waals surface area (Å²) in [7, 11) is 0. The van der Waals surface area contributed by atoms with Crippen molar-refractivity contribution in [1.82, 2.24) is 15.0 Å². The first-order valence-electron chi connectivity index (χ1n) is 11.5. The average molecular weight is 472 g/mol. The van der Waals surface area contributed by atoms with Crippen LogP contribution in [0.4, 0.5) is 8.78 Å². The fourth-order valence-corrected chi connectivity index (χ4v) is 4.22. The summed E-state index contributed by atoms with van der Waals surface area (Å²) in [5.74, 6) is -0.519. The van der Waals surface area contributed by atoms with Crippen molar-refractivity contribution in [2.24, 2.45) is 0 Å². The van der Waals surface area contributed by atoms with E-state index in [2.05, 4.69) is 4.98 Å². The molecule has 2 aromatic heterocycles. The zero-order chi connectivity index (χ0) is 24.5. The monoisotopic (exact) mass is 471 g/mol. The predicted octanol–water partition coefficient (Wildman–Crippen LogP) is 7.97. The minimum atomic E-state index is -0.260. The van der Waals surface area contributed by atoms with Crippen LogP contribution in [0.5, 0.6) is 0 Å². The molecule has 3 nitrogen and oxygen atoms in total. The summed E-state index contributed by atoms with van der Waals surface area (Å²) < 4.78 is 26.6. The van der Waals surface area contributed by atoms with Crippen molar-refractivity contribution in [1.29, 1.82) is 0 Å². The molecule has 0 aliphatic heterocycles. The highest BCUT2D eigenvalue weighted by Gasteiger charge is 2.14. The third kappa shape index (κ3) is 4.23. The van der Waals surface area contributed by atoms with Gasteiger partial charge in [0, 0.05) is 17.3 Å². The Morgan fingerprint density at radius 2 is 0.806 bits per heavy atom. The summed E-state index contributed by atoms with van der Waals surface area (Å²) in [6.45, 7) is 0. The Kier molecular flexibility index (Phi) is 5.51. The third-order valence-corrected chi connectivity index (χ3v) is 6.11. The minimum absolute atomic E-state index is 0.259. The van der Waals surface area contributed by atoms with Crippen LogP contribution in [0.1, 0.15) is 0 Å². The summed E-state index contributed by atoms with van der Waals surface area (Å²) in [5.41, 5.74) is 8.41. The molecule has 2 heterocycles. The lowest BCUT2D eigenvalue weighted by molar-refractivity contribution is 0.627. The van der Waals surface area contributed by atoms with Gasteiger partial charge in [0.05, 0.1) is 11.4 Å². The minimum Gasteiger partial charge on any atom is -0.242 e. The molecule has 0 unspecified atom stereocenters. The summed E-state index contributed by atoms with van der Waals surface area (Å²) in [6.07, 6.45) is 1.70. The average Bonchev–Trinajstić information content (AvgIpc) is 2.93. The highest BCUT2D eigenvalue weighted by Crippen LogP contribution is 2.33. The van der Waals surface area contributed by atoms with E-state index in [9.17, 15) is 8.78 Å². The molecule has 6 rings (SSSR count). The van der Waals surface area contributed by atoms with Gasteiger partial charge in [-0.3, -0.25) is 0 Å². The quantitative estimate of drug-likeness (QED) is 0.262. The lowest BCUT2D eigenvalue weighted by atomic mass is 9.98. The Hall–Kier alpha value is -4.77. The Balaban J connectivity index is 1.43. The molecule has 4 aromatic carbocycles. The third-order valence-electron chi connectivity index (χ3n) is 6.11. The van der Waals surface area contributed by atoms with Crippen LogP contribution in [0.25, 0.3) is 55.9 Å². The second-order valence-corrected chi connectivity index (χ2v) is 8.44. The molecule has 6 aromatic rings. The topological polar surface area (TPSA) is 38.7 Å². The molecule has 0 saturated carbocycles. The smallest absolute Gasteiger partial charge is 0.178 e. The lowest BCUT2D eigenvalue weighted by Gasteiger charge is -2.12. The van der Waals surface area contributed by atoms with Gasteiger partial charge in [0.15, 0.2) is 5.65 Å². The van der Waals surface area contributed by atoms with E-state index in [1.807, 2.05) is 60.7 Å².